The van der Waals surface area contributed by atoms with Crippen LogP contribution < -0.4 is 0 Å². The molecule has 0 fully saturated rings. The van der Waals surface area contributed by atoms with Gasteiger partial charge < -0.3 is 9.13 Å². The first-order valence-corrected chi connectivity index (χ1v) is 12.5. The van der Waals surface area contributed by atoms with Crippen molar-refractivity contribution in [1.82, 2.24) is 19.1 Å². The van der Waals surface area contributed by atoms with Crippen molar-refractivity contribution in [2.75, 3.05) is 0 Å². The minimum absolute atomic E-state index is 0.661. The van der Waals surface area contributed by atoms with E-state index in [4.69, 9.17) is 21.6 Å². The molecule has 5 heteroatoms. The summed E-state index contributed by atoms with van der Waals surface area (Å²) in [5, 5.41) is 0.661. The fourth-order valence-corrected chi connectivity index (χ4v) is 5.14. The SMILES string of the molecule is Clc1cc2cc3nc(cc4ccc(cc5nc(cc1n2-c1ccccc1)C=C5)n4-c1ccccc1)C=C3. The third kappa shape index (κ3) is 3.98. The van der Waals surface area contributed by atoms with Crippen LogP contribution in [-0.4, -0.2) is 19.1 Å². The number of halogens is 1. The molecule has 0 atom stereocenters. The summed E-state index contributed by atoms with van der Waals surface area (Å²) >= 11 is 6.81. The normalized spacial score (nSPS) is 12.2. The van der Waals surface area contributed by atoms with Gasteiger partial charge in [0, 0.05) is 27.9 Å². The average molecular weight is 497 g/mol. The largest absolute Gasteiger partial charge is 0.310 e. The van der Waals surface area contributed by atoms with Crippen LogP contribution in [0.2, 0.25) is 5.02 Å². The van der Waals surface area contributed by atoms with Crippen LogP contribution in [0.15, 0.2) is 103 Å². The maximum Gasteiger partial charge on any atom is 0.0670 e. The molecular weight excluding hydrogens is 476 g/mol. The van der Waals surface area contributed by atoms with E-state index in [0.29, 0.717) is 5.02 Å². The molecule has 5 aromatic rings. The lowest BCUT2D eigenvalue weighted by atomic mass is 10.3. The second kappa shape index (κ2) is 8.77. The zero-order chi connectivity index (χ0) is 24.8. The molecule has 0 radical (unpaired) electrons. The third-order valence-electron chi connectivity index (χ3n) is 6.53. The minimum atomic E-state index is 0.661. The molecule has 2 aromatic carbocycles. The van der Waals surface area contributed by atoms with Crippen molar-refractivity contribution < 1.29 is 0 Å². The minimum Gasteiger partial charge on any atom is -0.310 e. The van der Waals surface area contributed by atoms with Gasteiger partial charge in [0.15, 0.2) is 0 Å². The molecule has 0 saturated carbocycles. The van der Waals surface area contributed by atoms with E-state index < -0.39 is 0 Å². The Labute approximate surface area is 219 Å². The van der Waals surface area contributed by atoms with Crippen molar-refractivity contribution in [2.24, 2.45) is 0 Å². The molecule has 0 aliphatic carbocycles. The monoisotopic (exact) mass is 496 g/mol. The van der Waals surface area contributed by atoms with Crippen LogP contribution in [0.3, 0.4) is 0 Å². The van der Waals surface area contributed by atoms with E-state index >= 15 is 0 Å². The highest BCUT2D eigenvalue weighted by Crippen LogP contribution is 2.29. The first-order chi connectivity index (χ1) is 18.2. The molecule has 37 heavy (non-hydrogen) atoms. The van der Waals surface area contributed by atoms with E-state index in [1.165, 1.54) is 0 Å². The molecule has 0 spiro atoms. The topological polar surface area (TPSA) is 35.6 Å². The molecule has 2 aliphatic rings. The van der Waals surface area contributed by atoms with E-state index in [2.05, 4.69) is 75.9 Å². The third-order valence-corrected chi connectivity index (χ3v) is 6.83. The van der Waals surface area contributed by atoms with Crippen molar-refractivity contribution in [3.8, 4) is 11.4 Å². The molecular formula is C32H21ClN4. The Morgan fingerprint density at radius 3 is 1.46 bits per heavy atom. The Kier molecular flexibility index (Phi) is 5.12. The van der Waals surface area contributed by atoms with Crippen molar-refractivity contribution in [1.29, 1.82) is 0 Å². The van der Waals surface area contributed by atoms with Crippen LogP contribution in [0.4, 0.5) is 0 Å². The van der Waals surface area contributed by atoms with Crippen LogP contribution in [0, 0.1) is 0 Å². The van der Waals surface area contributed by atoms with Crippen molar-refractivity contribution in [3.63, 3.8) is 0 Å². The molecule has 3 aromatic heterocycles. The summed E-state index contributed by atoms with van der Waals surface area (Å²) in [4.78, 5) is 9.80. The highest BCUT2D eigenvalue weighted by molar-refractivity contribution is 6.34. The number of aromatic nitrogens is 4. The molecule has 0 saturated heterocycles. The fraction of sp³-hybridized carbons (Fsp3) is 0. The van der Waals surface area contributed by atoms with Gasteiger partial charge in [-0.05, 0) is 91.0 Å². The van der Waals surface area contributed by atoms with Gasteiger partial charge in [0.25, 0.3) is 0 Å². The first-order valence-electron chi connectivity index (χ1n) is 12.1. The van der Waals surface area contributed by atoms with Crippen LogP contribution in [0.1, 0.15) is 22.8 Å². The Morgan fingerprint density at radius 1 is 0.459 bits per heavy atom. The molecule has 0 unspecified atom stereocenters. The van der Waals surface area contributed by atoms with Crippen LogP contribution in [-0.2, 0) is 0 Å². The van der Waals surface area contributed by atoms with E-state index in [-0.39, 0.29) is 0 Å². The van der Waals surface area contributed by atoms with Gasteiger partial charge >= 0.3 is 0 Å². The molecule has 7 rings (SSSR count). The molecule has 176 valence electrons. The number of nitrogens with zero attached hydrogens (tertiary/aromatic N) is 4. The van der Waals surface area contributed by atoms with Gasteiger partial charge in [0.1, 0.15) is 0 Å². The summed E-state index contributed by atoms with van der Waals surface area (Å²) in [6.07, 6.45) is 8.15. The van der Waals surface area contributed by atoms with E-state index in [0.717, 1.165) is 56.2 Å². The average Bonchev–Trinajstić information content (AvgIpc) is 3.70. The van der Waals surface area contributed by atoms with E-state index in [1.54, 1.807) is 0 Å². The van der Waals surface area contributed by atoms with E-state index in [9.17, 15) is 0 Å². The molecule has 8 bridgehead atoms. The number of fused-ring (bicyclic) bond motifs is 8. The van der Waals surface area contributed by atoms with Gasteiger partial charge in [-0.2, -0.15) is 0 Å². The molecule has 5 heterocycles. The number of benzene rings is 2. The van der Waals surface area contributed by atoms with Gasteiger partial charge in [-0.15, -0.1) is 0 Å². The second-order valence-corrected chi connectivity index (χ2v) is 9.40. The van der Waals surface area contributed by atoms with Gasteiger partial charge in [-0.1, -0.05) is 48.0 Å². The lowest BCUT2D eigenvalue weighted by Gasteiger charge is -2.07. The highest BCUT2D eigenvalue weighted by Gasteiger charge is 2.11. The zero-order valence-corrected chi connectivity index (χ0v) is 20.5. The quantitative estimate of drug-likeness (QED) is 0.241. The second-order valence-electron chi connectivity index (χ2n) is 8.99. The fourth-order valence-electron chi connectivity index (χ4n) is 4.89. The Morgan fingerprint density at radius 2 is 0.919 bits per heavy atom. The maximum absolute atomic E-state index is 6.81. The number of rotatable bonds is 2. The number of para-hydroxylation sites is 2. The summed E-state index contributed by atoms with van der Waals surface area (Å²) in [7, 11) is 0. The Balaban J connectivity index is 1.60. The highest BCUT2D eigenvalue weighted by atomic mass is 35.5. The Hall–Kier alpha value is -4.67. The smallest absolute Gasteiger partial charge is 0.0670 e. The summed E-state index contributed by atoms with van der Waals surface area (Å²) in [5.74, 6) is 0. The summed E-state index contributed by atoms with van der Waals surface area (Å²) < 4.78 is 4.38. The van der Waals surface area contributed by atoms with E-state index in [1.807, 2.05) is 60.7 Å². The first kappa shape index (κ1) is 21.6. The van der Waals surface area contributed by atoms with Crippen molar-refractivity contribution in [2.45, 2.75) is 0 Å². The standard InChI is InChI=1S/C32H21ClN4/c33-31-21-30-19-24-12-11-22(34-24)17-28-15-16-29(36(28)26-7-3-1-4-8-26)18-23-13-14-25(35-23)20-32(31)37(30)27-9-5-2-6-10-27/h1-21H. The predicted octanol–water partition coefficient (Wildman–Crippen LogP) is 8.23. The van der Waals surface area contributed by atoms with Crippen LogP contribution >= 0.6 is 11.6 Å². The summed E-state index contributed by atoms with van der Waals surface area (Å²) in [6.45, 7) is 0. The number of hydrogen-bond donors (Lipinski definition) is 0. The lowest BCUT2D eigenvalue weighted by molar-refractivity contribution is 1.16. The maximum atomic E-state index is 6.81. The van der Waals surface area contributed by atoms with Gasteiger partial charge in [0.05, 0.1) is 33.3 Å². The predicted molar refractivity (Wildman–Crippen MR) is 154 cm³/mol. The lowest BCUT2D eigenvalue weighted by Crippen LogP contribution is -1.93. The molecule has 2 aliphatic heterocycles. The summed E-state index contributed by atoms with van der Waals surface area (Å²) in [5.41, 5.74) is 9.52. The van der Waals surface area contributed by atoms with Gasteiger partial charge in [-0.3, -0.25) is 0 Å². The van der Waals surface area contributed by atoms with Gasteiger partial charge in [-0.25, -0.2) is 9.97 Å². The molecule has 0 amide bonds. The van der Waals surface area contributed by atoms with Crippen molar-refractivity contribution in [3.05, 3.63) is 131 Å². The van der Waals surface area contributed by atoms with Crippen LogP contribution in [0.25, 0.3) is 57.7 Å². The number of hydrogen-bond acceptors (Lipinski definition) is 2. The van der Waals surface area contributed by atoms with Crippen molar-refractivity contribution >= 4 is 58.0 Å². The van der Waals surface area contributed by atoms with Gasteiger partial charge in [0.2, 0.25) is 0 Å². The van der Waals surface area contributed by atoms with Crippen LogP contribution in [0.5, 0.6) is 0 Å². The molecule has 0 N–H and O–H groups in total. The summed E-state index contributed by atoms with van der Waals surface area (Å²) in [6, 6.07) is 35.1. The molecule has 4 nitrogen and oxygen atoms in total. The zero-order valence-electron chi connectivity index (χ0n) is 19.8. The Bertz CT molecular complexity index is 1880.